The van der Waals surface area contributed by atoms with E-state index in [4.69, 9.17) is 4.74 Å². The smallest absolute Gasteiger partial charge is 0.261 e. The van der Waals surface area contributed by atoms with Gasteiger partial charge in [0.25, 0.3) is 5.56 Å². The van der Waals surface area contributed by atoms with Crippen LogP contribution in [-0.2, 0) is 18.4 Å². The lowest BCUT2D eigenvalue weighted by atomic mass is 10.1. The van der Waals surface area contributed by atoms with Crippen LogP contribution in [0.5, 0.6) is 0 Å². The van der Waals surface area contributed by atoms with Crippen molar-refractivity contribution in [3.8, 4) is 11.8 Å². The van der Waals surface area contributed by atoms with Crippen LogP contribution in [0.4, 0.5) is 4.39 Å². The second kappa shape index (κ2) is 6.65. The van der Waals surface area contributed by atoms with E-state index in [1.165, 1.54) is 16.7 Å². The lowest BCUT2D eigenvalue weighted by Crippen LogP contribution is -2.22. The van der Waals surface area contributed by atoms with Gasteiger partial charge in [0.15, 0.2) is 0 Å². The molecule has 0 aliphatic rings. The van der Waals surface area contributed by atoms with E-state index >= 15 is 0 Å². The summed E-state index contributed by atoms with van der Waals surface area (Å²) in [5.41, 5.74) is 1.73. The third-order valence-corrected chi connectivity index (χ3v) is 3.62. The minimum absolute atomic E-state index is 0.128. The summed E-state index contributed by atoms with van der Waals surface area (Å²) in [6, 6.07) is 11.3. The van der Waals surface area contributed by atoms with E-state index in [2.05, 4.69) is 16.8 Å². The number of benzene rings is 2. The predicted molar refractivity (Wildman–Crippen MR) is 90.1 cm³/mol. The number of aromatic nitrogens is 2. The van der Waals surface area contributed by atoms with Gasteiger partial charge in [0.05, 0.1) is 10.9 Å². The molecule has 0 bridgehead atoms. The Kier molecular flexibility index (Phi) is 4.41. The Labute approximate surface area is 138 Å². The Morgan fingerprint density at radius 2 is 1.92 bits per heavy atom. The summed E-state index contributed by atoms with van der Waals surface area (Å²) in [5, 5.41) is 0.522. The maximum atomic E-state index is 13.2. The predicted octanol–water partition coefficient (Wildman–Crippen LogP) is 2.62. The summed E-state index contributed by atoms with van der Waals surface area (Å²) in [6.07, 6.45) is 0. The lowest BCUT2D eigenvalue weighted by Gasteiger charge is -2.08. The monoisotopic (exact) mass is 322 g/mol. The molecule has 5 heteroatoms. The first-order valence-corrected chi connectivity index (χ1v) is 7.34. The molecule has 0 spiro atoms. The third-order valence-electron chi connectivity index (χ3n) is 3.62. The molecule has 0 saturated carbocycles. The molecular weight excluding hydrogens is 307 g/mol. The Morgan fingerprint density at radius 3 is 2.62 bits per heavy atom. The number of fused-ring (bicyclic) bond motifs is 1. The van der Waals surface area contributed by atoms with Crippen LogP contribution < -0.4 is 5.56 Å². The lowest BCUT2D eigenvalue weighted by molar-refractivity contribution is 0.174. The minimum Gasteiger partial charge on any atom is -0.377 e. The molecule has 0 aliphatic heterocycles. The van der Waals surface area contributed by atoms with Gasteiger partial charge in [-0.1, -0.05) is 17.9 Å². The fourth-order valence-corrected chi connectivity index (χ4v) is 2.36. The van der Waals surface area contributed by atoms with Gasteiger partial charge in [-0.15, -0.1) is 0 Å². The zero-order chi connectivity index (χ0) is 17.1. The molecule has 0 amide bonds. The summed E-state index contributed by atoms with van der Waals surface area (Å²) in [5.74, 6) is 6.10. The average Bonchev–Trinajstić information content (AvgIpc) is 2.58. The molecule has 1 heterocycles. The number of halogens is 1. The van der Waals surface area contributed by atoms with Crippen molar-refractivity contribution in [2.24, 2.45) is 7.05 Å². The fraction of sp³-hybridized carbons (Fsp3) is 0.158. The largest absolute Gasteiger partial charge is 0.377 e. The summed E-state index contributed by atoms with van der Waals surface area (Å²) < 4.78 is 19.7. The van der Waals surface area contributed by atoms with E-state index in [-0.39, 0.29) is 18.0 Å². The van der Waals surface area contributed by atoms with Crippen molar-refractivity contribution in [2.75, 3.05) is 7.11 Å². The molecule has 0 aliphatic carbocycles. The van der Waals surface area contributed by atoms with Gasteiger partial charge in [-0.05, 0) is 36.4 Å². The first kappa shape index (κ1) is 15.9. The van der Waals surface area contributed by atoms with Gasteiger partial charge in [0.2, 0.25) is 0 Å². The summed E-state index contributed by atoms with van der Waals surface area (Å²) >= 11 is 0. The van der Waals surface area contributed by atoms with E-state index in [0.29, 0.717) is 27.9 Å². The van der Waals surface area contributed by atoms with E-state index in [0.717, 1.165) is 0 Å². The standard InChI is InChI=1S/C19H15FN2O2/c1-22-18(12-24-2)21-17-11-14(8-9-16(17)19(22)23)7-6-13-4-3-5-15(20)10-13/h3-5,8-11H,12H2,1-2H3. The van der Waals surface area contributed by atoms with Crippen molar-refractivity contribution >= 4 is 10.9 Å². The van der Waals surface area contributed by atoms with Crippen LogP contribution >= 0.6 is 0 Å². The number of methoxy groups -OCH3 is 1. The molecular formula is C19H15FN2O2. The van der Waals surface area contributed by atoms with Crippen LogP contribution in [0, 0.1) is 17.7 Å². The van der Waals surface area contributed by atoms with Crippen molar-refractivity contribution in [3.63, 3.8) is 0 Å². The van der Waals surface area contributed by atoms with E-state index < -0.39 is 0 Å². The molecule has 1 aromatic heterocycles. The highest BCUT2D eigenvalue weighted by molar-refractivity contribution is 5.79. The van der Waals surface area contributed by atoms with Gasteiger partial charge in [-0.3, -0.25) is 9.36 Å². The number of hydrogen-bond donors (Lipinski definition) is 0. The summed E-state index contributed by atoms with van der Waals surface area (Å²) in [6.45, 7) is 0.251. The number of hydrogen-bond acceptors (Lipinski definition) is 3. The van der Waals surface area contributed by atoms with Crippen LogP contribution in [0.25, 0.3) is 10.9 Å². The highest BCUT2D eigenvalue weighted by Crippen LogP contribution is 2.11. The highest BCUT2D eigenvalue weighted by atomic mass is 19.1. The molecule has 0 N–H and O–H groups in total. The van der Waals surface area contributed by atoms with Gasteiger partial charge in [0.1, 0.15) is 18.2 Å². The van der Waals surface area contributed by atoms with Gasteiger partial charge >= 0.3 is 0 Å². The molecule has 0 atom stereocenters. The van der Waals surface area contributed by atoms with Gasteiger partial charge < -0.3 is 4.74 Å². The molecule has 0 fully saturated rings. The maximum absolute atomic E-state index is 13.2. The summed E-state index contributed by atoms with van der Waals surface area (Å²) in [4.78, 5) is 16.8. The first-order valence-electron chi connectivity index (χ1n) is 7.34. The van der Waals surface area contributed by atoms with Crippen LogP contribution in [0.2, 0.25) is 0 Å². The van der Waals surface area contributed by atoms with E-state index in [9.17, 15) is 9.18 Å². The molecule has 0 unspecified atom stereocenters. The van der Waals surface area contributed by atoms with Crippen molar-refractivity contribution in [1.29, 1.82) is 0 Å². The van der Waals surface area contributed by atoms with Crippen molar-refractivity contribution in [3.05, 3.63) is 75.6 Å². The van der Waals surface area contributed by atoms with Gasteiger partial charge in [0, 0.05) is 25.3 Å². The molecule has 4 nitrogen and oxygen atoms in total. The van der Waals surface area contributed by atoms with E-state index in [1.54, 1.807) is 44.5 Å². The molecule has 2 aromatic carbocycles. The van der Waals surface area contributed by atoms with Crippen LogP contribution in [0.3, 0.4) is 0 Å². The normalized spacial score (nSPS) is 10.5. The average molecular weight is 322 g/mol. The Bertz CT molecular complexity index is 1030. The molecule has 0 radical (unpaired) electrons. The van der Waals surface area contributed by atoms with E-state index in [1.807, 2.05) is 0 Å². The molecule has 24 heavy (non-hydrogen) atoms. The maximum Gasteiger partial charge on any atom is 0.261 e. The van der Waals surface area contributed by atoms with Crippen LogP contribution in [0.15, 0.2) is 47.3 Å². The van der Waals surface area contributed by atoms with Gasteiger partial charge in [-0.25, -0.2) is 9.37 Å². The van der Waals surface area contributed by atoms with Gasteiger partial charge in [-0.2, -0.15) is 0 Å². The topological polar surface area (TPSA) is 44.1 Å². The Balaban J connectivity index is 2.05. The number of rotatable bonds is 2. The zero-order valence-corrected chi connectivity index (χ0v) is 13.3. The molecule has 0 saturated heterocycles. The fourth-order valence-electron chi connectivity index (χ4n) is 2.36. The SMILES string of the molecule is COCc1nc2cc(C#Cc3cccc(F)c3)ccc2c(=O)n1C. The number of ether oxygens (including phenoxy) is 1. The Morgan fingerprint density at radius 1 is 1.17 bits per heavy atom. The molecule has 120 valence electrons. The van der Waals surface area contributed by atoms with Crippen LogP contribution in [-0.4, -0.2) is 16.7 Å². The van der Waals surface area contributed by atoms with Crippen LogP contribution in [0.1, 0.15) is 17.0 Å². The summed E-state index contributed by atoms with van der Waals surface area (Å²) in [7, 11) is 3.22. The second-order valence-electron chi connectivity index (χ2n) is 5.32. The zero-order valence-electron chi connectivity index (χ0n) is 13.3. The molecule has 3 aromatic rings. The van der Waals surface area contributed by atoms with Crippen molar-refractivity contribution in [1.82, 2.24) is 9.55 Å². The Hall–Kier alpha value is -2.97. The number of nitrogens with zero attached hydrogens (tertiary/aromatic N) is 2. The second-order valence-corrected chi connectivity index (χ2v) is 5.32. The first-order chi connectivity index (χ1) is 11.6. The van der Waals surface area contributed by atoms with Crippen molar-refractivity contribution in [2.45, 2.75) is 6.61 Å². The van der Waals surface area contributed by atoms with Crippen molar-refractivity contribution < 1.29 is 9.13 Å². The minimum atomic E-state index is -0.324. The third kappa shape index (κ3) is 3.19. The quantitative estimate of drug-likeness (QED) is 0.681. The molecule has 3 rings (SSSR count). The highest BCUT2D eigenvalue weighted by Gasteiger charge is 2.08.